The predicted molar refractivity (Wildman–Crippen MR) is 124 cm³/mol. The SMILES string of the molecule is CN=C(NCc1cccc(CS(=O)(=O)NC)c1)N1CCC(COCc2ccccc2)C1. The molecule has 31 heavy (non-hydrogen) atoms. The maximum absolute atomic E-state index is 11.8. The van der Waals surface area contributed by atoms with Crippen molar-refractivity contribution in [2.24, 2.45) is 10.9 Å². The van der Waals surface area contributed by atoms with Crippen molar-refractivity contribution in [1.29, 1.82) is 0 Å². The van der Waals surface area contributed by atoms with Crippen LogP contribution < -0.4 is 10.0 Å². The molecular weight excluding hydrogens is 412 g/mol. The molecule has 1 atom stereocenters. The number of rotatable bonds is 9. The molecule has 1 unspecified atom stereocenters. The van der Waals surface area contributed by atoms with Crippen LogP contribution >= 0.6 is 0 Å². The smallest absolute Gasteiger partial charge is 0.215 e. The van der Waals surface area contributed by atoms with Crippen molar-refractivity contribution in [3.05, 3.63) is 71.3 Å². The van der Waals surface area contributed by atoms with Gasteiger partial charge in [-0.05, 0) is 30.2 Å². The zero-order chi connectivity index (χ0) is 22.1. The largest absolute Gasteiger partial charge is 0.376 e. The topological polar surface area (TPSA) is 83.0 Å². The van der Waals surface area contributed by atoms with Crippen LogP contribution in [0, 0.1) is 5.92 Å². The van der Waals surface area contributed by atoms with Gasteiger partial charge in [0, 0.05) is 32.6 Å². The number of benzene rings is 2. The van der Waals surface area contributed by atoms with Crippen molar-refractivity contribution in [2.45, 2.75) is 25.3 Å². The maximum Gasteiger partial charge on any atom is 0.215 e. The molecule has 0 saturated carbocycles. The van der Waals surface area contributed by atoms with Gasteiger partial charge in [-0.25, -0.2) is 13.1 Å². The number of guanidine groups is 1. The predicted octanol–water partition coefficient (Wildman–Crippen LogP) is 2.35. The first-order valence-corrected chi connectivity index (χ1v) is 12.2. The van der Waals surface area contributed by atoms with Crippen molar-refractivity contribution in [1.82, 2.24) is 14.9 Å². The lowest BCUT2D eigenvalue weighted by molar-refractivity contribution is 0.0906. The van der Waals surface area contributed by atoms with Gasteiger partial charge in [-0.15, -0.1) is 0 Å². The summed E-state index contributed by atoms with van der Waals surface area (Å²) in [6, 6.07) is 17.8. The van der Waals surface area contributed by atoms with Crippen LogP contribution in [0.3, 0.4) is 0 Å². The normalized spacial score (nSPS) is 17.2. The molecule has 2 aromatic rings. The van der Waals surface area contributed by atoms with E-state index in [1.807, 2.05) is 42.5 Å². The number of nitrogens with zero attached hydrogens (tertiary/aromatic N) is 2. The minimum atomic E-state index is -3.28. The van der Waals surface area contributed by atoms with E-state index in [9.17, 15) is 8.42 Å². The van der Waals surface area contributed by atoms with Crippen LogP contribution in [0.5, 0.6) is 0 Å². The molecule has 0 amide bonds. The molecule has 8 heteroatoms. The molecule has 1 aliphatic heterocycles. The highest BCUT2D eigenvalue weighted by Crippen LogP contribution is 2.18. The number of hydrogen-bond donors (Lipinski definition) is 2. The average Bonchev–Trinajstić information content (AvgIpc) is 3.24. The van der Waals surface area contributed by atoms with Gasteiger partial charge in [-0.3, -0.25) is 4.99 Å². The van der Waals surface area contributed by atoms with Crippen molar-refractivity contribution in [2.75, 3.05) is 33.8 Å². The second-order valence-electron chi connectivity index (χ2n) is 7.79. The van der Waals surface area contributed by atoms with Gasteiger partial charge >= 0.3 is 0 Å². The summed E-state index contributed by atoms with van der Waals surface area (Å²) in [6.07, 6.45) is 1.08. The van der Waals surface area contributed by atoms with E-state index in [1.54, 1.807) is 7.05 Å². The zero-order valence-corrected chi connectivity index (χ0v) is 19.1. The molecule has 2 aromatic carbocycles. The summed E-state index contributed by atoms with van der Waals surface area (Å²) in [5.74, 6) is 1.32. The first-order valence-electron chi connectivity index (χ1n) is 10.6. The van der Waals surface area contributed by atoms with E-state index in [4.69, 9.17) is 4.74 Å². The molecule has 2 N–H and O–H groups in total. The van der Waals surface area contributed by atoms with Gasteiger partial charge in [-0.1, -0.05) is 54.6 Å². The summed E-state index contributed by atoms with van der Waals surface area (Å²) < 4.78 is 31.8. The first kappa shape index (κ1) is 23.2. The minimum absolute atomic E-state index is 0.0249. The monoisotopic (exact) mass is 444 g/mol. The third-order valence-corrected chi connectivity index (χ3v) is 6.71. The quantitative estimate of drug-likeness (QED) is 0.458. The second kappa shape index (κ2) is 11.3. The number of aliphatic imine (C=N–C) groups is 1. The van der Waals surface area contributed by atoms with Crippen molar-refractivity contribution in [3.8, 4) is 0 Å². The van der Waals surface area contributed by atoms with Crippen LogP contribution in [-0.2, 0) is 33.7 Å². The van der Waals surface area contributed by atoms with Gasteiger partial charge < -0.3 is 15.0 Å². The van der Waals surface area contributed by atoms with Gasteiger partial charge in [0.25, 0.3) is 0 Å². The fourth-order valence-electron chi connectivity index (χ4n) is 3.71. The van der Waals surface area contributed by atoms with Crippen LogP contribution in [-0.4, -0.2) is 53.1 Å². The van der Waals surface area contributed by atoms with Crippen LogP contribution in [0.15, 0.2) is 59.6 Å². The third kappa shape index (κ3) is 7.34. The summed E-state index contributed by atoms with van der Waals surface area (Å²) in [4.78, 5) is 6.68. The average molecular weight is 445 g/mol. The number of nitrogens with one attached hydrogen (secondary N) is 2. The van der Waals surface area contributed by atoms with Crippen molar-refractivity contribution < 1.29 is 13.2 Å². The fraction of sp³-hybridized carbons (Fsp3) is 0.435. The standard InChI is InChI=1S/C23H32N4O3S/c1-24-23(26-14-20-9-6-10-21(13-20)18-31(28,29)25-2)27-12-11-22(15-27)17-30-16-19-7-4-3-5-8-19/h3-10,13,22,25H,11-12,14-18H2,1-2H3,(H,24,26). The number of hydrogen-bond acceptors (Lipinski definition) is 4. The zero-order valence-electron chi connectivity index (χ0n) is 18.3. The molecule has 1 heterocycles. The van der Waals surface area contributed by atoms with E-state index in [0.29, 0.717) is 19.1 Å². The first-order chi connectivity index (χ1) is 15.0. The Kier molecular flexibility index (Phi) is 8.45. The van der Waals surface area contributed by atoms with Crippen LogP contribution in [0.4, 0.5) is 0 Å². The number of sulfonamides is 1. The minimum Gasteiger partial charge on any atom is -0.376 e. The summed E-state index contributed by atoms with van der Waals surface area (Å²) >= 11 is 0. The number of ether oxygens (including phenoxy) is 1. The van der Waals surface area contributed by atoms with Gasteiger partial charge in [0.15, 0.2) is 5.96 Å². The molecule has 1 fully saturated rings. The maximum atomic E-state index is 11.8. The van der Waals surface area contributed by atoms with E-state index in [-0.39, 0.29) is 5.75 Å². The van der Waals surface area contributed by atoms with E-state index in [0.717, 1.165) is 43.2 Å². The van der Waals surface area contributed by atoms with E-state index in [1.165, 1.54) is 12.6 Å². The second-order valence-corrected chi connectivity index (χ2v) is 9.71. The molecule has 7 nitrogen and oxygen atoms in total. The Hall–Kier alpha value is -2.42. The Morgan fingerprint density at radius 1 is 1.13 bits per heavy atom. The lowest BCUT2D eigenvalue weighted by Crippen LogP contribution is -2.39. The Balaban J connectivity index is 1.46. The molecule has 3 rings (SSSR count). The van der Waals surface area contributed by atoms with Gasteiger partial charge in [0.05, 0.1) is 19.0 Å². The van der Waals surface area contributed by atoms with Crippen LogP contribution in [0.1, 0.15) is 23.1 Å². The molecule has 0 aliphatic carbocycles. The summed E-state index contributed by atoms with van der Waals surface area (Å²) in [5.41, 5.74) is 2.98. The highest BCUT2D eigenvalue weighted by atomic mass is 32.2. The Morgan fingerprint density at radius 3 is 2.61 bits per heavy atom. The molecule has 0 radical (unpaired) electrons. The molecule has 0 aromatic heterocycles. The lowest BCUT2D eigenvalue weighted by atomic mass is 10.1. The van der Waals surface area contributed by atoms with Gasteiger partial charge in [-0.2, -0.15) is 0 Å². The Morgan fingerprint density at radius 2 is 1.87 bits per heavy atom. The summed E-state index contributed by atoms with van der Waals surface area (Å²) in [5, 5.41) is 3.40. The fourth-order valence-corrected chi connectivity index (χ4v) is 4.48. The summed E-state index contributed by atoms with van der Waals surface area (Å²) in [7, 11) is -0.0638. The van der Waals surface area contributed by atoms with Gasteiger partial charge in [0.2, 0.25) is 10.0 Å². The summed E-state index contributed by atoms with van der Waals surface area (Å²) in [6.45, 7) is 3.83. The Bertz CT molecular complexity index is 964. The molecule has 1 saturated heterocycles. The molecule has 1 aliphatic rings. The molecule has 168 valence electrons. The van der Waals surface area contributed by atoms with Crippen LogP contribution in [0.25, 0.3) is 0 Å². The molecular formula is C23H32N4O3S. The lowest BCUT2D eigenvalue weighted by Gasteiger charge is -2.22. The van der Waals surface area contributed by atoms with Crippen molar-refractivity contribution in [3.63, 3.8) is 0 Å². The highest BCUT2D eigenvalue weighted by Gasteiger charge is 2.25. The van der Waals surface area contributed by atoms with Gasteiger partial charge in [0.1, 0.15) is 0 Å². The van der Waals surface area contributed by atoms with Crippen molar-refractivity contribution >= 4 is 16.0 Å². The van der Waals surface area contributed by atoms with E-state index < -0.39 is 10.0 Å². The number of likely N-dealkylation sites (tertiary alicyclic amines) is 1. The molecule has 0 bridgehead atoms. The molecule has 0 spiro atoms. The Labute approximate surface area is 185 Å². The highest BCUT2D eigenvalue weighted by molar-refractivity contribution is 7.88. The van der Waals surface area contributed by atoms with E-state index >= 15 is 0 Å². The third-order valence-electron chi connectivity index (χ3n) is 5.37. The van der Waals surface area contributed by atoms with Crippen LogP contribution in [0.2, 0.25) is 0 Å². The van der Waals surface area contributed by atoms with E-state index in [2.05, 4.69) is 32.1 Å².